The summed E-state index contributed by atoms with van der Waals surface area (Å²) in [7, 11) is 1.72. The minimum absolute atomic E-state index is 0.0880. The number of phenols is 1. The van der Waals surface area contributed by atoms with Gasteiger partial charge in [0.1, 0.15) is 0 Å². The van der Waals surface area contributed by atoms with Gasteiger partial charge >= 0.3 is 0 Å². The topological polar surface area (TPSA) is 76.0 Å². The Bertz CT molecular complexity index is 779. The first-order valence-corrected chi connectivity index (χ1v) is 13.7. The number of aliphatic hydroxyl groups is 1. The fraction of sp³-hybridized carbons (Fsp3) is 0.700. The van der Waals surface area contributed by atoms with Crippen molar-refractivity contribution in [1.82, 2.24) is 0 Å². The standard InChI is InChI=1S/C30H48O5/c1-5-23(16-18-31)11-14-26(32)15-12-24-20-28(25(17-19-34-4)13-10-22(2)3)30(33)29(21-24)35-27-8-6-7-9-27/h11,14,20-23,25,27,31,33H,5-10,12-13,15-19H2,1-4H3/b14-11+/t23-,25+/m1/s1. The molecule has 2 rings (SSSR count). The predicted octanol–water partition coefficient (Wildman–Crippen LogP) is 6.74. The number of aromatic hydroxyl groups is 1. The highest BCUT2D eigenvalue weighted by molar-refractivity contribution is 5.89. The molecule has 0 bridgehead atoms. The molecule has 0 saturated heterocycles. The number of benzene rings is 1. The smallest absolute Gasteiger partial charge is 0.161 e. The van der Waals surface area contributed by atoms with Gasteiger partial charge in [-0.2, -0.15) is 0 Å². The molecule has 1 aromatic carbocycles. The quantitative estimate of drug-likeness (QED) is 0.238. The summed E-state index contributed by atoms with van der Waals surface area (Å²) in [5.74, 6) is 1.91. The van der Waals surface area contributed by atoms with Crippen molar-refractivity contribution in [3.8, 4) is 11.5 Å². The van der Waals surface area contributed by atoms with E-state index in [9.17, 15) is 9.90 Å². The van der Waals surface area contributed by atoms with E-state index in [1.807, 2.05) is 12.1 Å². The predicted molar refractivity (Wildman–Crippen MR) is 142 cm³/mol. The van der Waals surface area contributed by atoms with Crippen LogP contribution in [0.15, 0.2) is 24.3 Å². The minimum atomic E-state index is 0.0880. The second-order valence-electron chi connectivity index (χ2n) is 10.5. The van der Waals surface area contributed by atoms with E-state index >= 15 is 0 Å². The average molecular weight is 489 g/mol. The van der Waals surface area contributed by atoms with Crippen LogP contribution in [0.25, 0.3) is 0 Å². The number of carbonyl (C=O) groups is 1. The summed E-state index contributed by atoms with van der Waals surface area (Å²) in [6, 6.07) is 4.01. The zero-order chi connectivity index (χ0) is 25.6. The molecule has 198 valence electrons. The van der Waals surface area contributed by atoms with Crippen molar-refractivity contribution in [3.63, 3.8) is 0 Å². The molecule has 0 aromatic heterocycles. The number of phenolic OH excluding ortho intramolecular Hbond substituents is 1. The van der Waals surface area contributed by atoms with Gasteiger partial charge in [-0.1, -0.05) is 39.3 Å². The summed E-state index contributed by atoms with van der Waals surface area (Å²) in [6.07, 6.45) is 13.6. The molecule has 1 saturated carbocycles. The van der Waals surface area contributed by atoms with Crippen LogP contribution < -0.4 is 4.74 Å². The summed E-state index contributed by atoms with van der Waals surface area (Å²) in [6.45, 7) is 7.29. The molecular formula is C30H48O5. The van der Waals surface area contributed by atoms with Gasteiger partial charge in [0.05, 0.1) is 6.10 Å². The molecule has 35 heavy (non-hydrogen) atoms. The van der Waals surface area contributed by atoms with Crippen LogP contribution in [0.4, 0.5) is 0 Å². The summed E-state index contributed by atoms with van der Waals surface area (Å²) in [5.41, 5.74) is 1.95. The Labute approximate surface area is 212 Å². The molecule has 0 amide bonds. The molecule has 0 heterocycles. The number of allylic oxidation sites excluding steroid dienone is 2. The summed E-state index contributed by atoms with van der Waals surface area (Å²) >= 11 is 0. The van der Waals surface area contributed by atoms with Crippen molar-refractivity contribution in [3.05, 3.63) is 35.4 Å². The Morgan fingerprint density at radius 3 is 2.51 bits per heavy atom. The zero-order valence-corrected chi connectivity index (χ0v) is 22.4. The SMILES string of the molecule is CC[C@H](/C=C/C(=O)CCc1cc(OC2CCCC2)c(O)c([C@H](CCOC)CCC(C)C)c1)CCO. The van der Waals surface area contributed by atoms with Crippen LogP contribution in [0.1, 0.15) is 102 Å². The maximum atomic E-state index is 12.6. The number of ether oxygens (including phenoxy) is 2. The largest absolute Gasteiger partial charge is 0.504 e. The van der Waals surface area contributed by atoms with Gasteiger partial charge in [0.15, 0.2) is 17.3 Å². The minimum Gasteiger partial charge on any atom is -0.504 e. The van der Waals surface area contributed by atoms with Crippen molar-refractivity contribution in [1.29, 1.82) is 0 Å². The van der Waals surface area contributed by atoms with Crippen molar-refractivity contribution in [2.24, 2.45) is 11.8 Å². The Kier molecular flexibility index (Phi) is 13.4. The van der Waals surface area contributed by atoms with Gasteiger partial charge in [-0.15, -0.1) is 0 Å². The van der Waals surface area contributed by atoms with Gasteiger partial charge < -0.3 is 19.7 Å². The molecule has 1 aliphatic rings. The summed E-state index contributed by atoms with van der Waals surface area (Å²) in [4.78, 5) is 12.6. The Morgan fingerprint density at radius 1 is 1.14 bits per heavy atom. The van der Waals surface area contributed by atoms with Crippen LogP contribution in [0.3, 0.4) is 0 Å². The van der Waals surface area contributed by atoms with Crippen LogP contribution in [0.2, 0.25) is 0 Å². The molecule has 1 aliphatic carbocycles. The number of aryl methyl sites for hydroxylation is 1. The van der Waals surface area contributed by atoms with Crippen LogP contribution >= 0.6 is 0 Å². The van der Waals surface area contributed by atoms with Crippen molar-refractivity contribution in [2.45, 2.75) is 103 Å². The highest BCUT2D eigenvalue weighted by atomic mass is 16.5. The normalized spacial score (nSPS) is 16.3. The molecule has 1 fully saturated rings. The van der Waals surface area contributed by atoms with E-state index in [4.69, 9.17) is 14.6 Å². The lowest BCUT2D eigenvalue weighted by Crippen LogP contribution is -2.13. The molecular weight excluding hydrogens is 440 g/mol. The van der Waals surface area contributed by atoms with Crippen LogP contribution in [-0.2, 0) is 16.0 Å². The Hall–Kier alpha value is -1.85. The lowest BCUT2D eigenvalue weighted by Gasteiger charge is -2.23. The van der Waals surface area contributed by atoms with Crippen LogP contribution in [0.5, 0.6) is 11.5 Å². The third kappa shape index (κ3) is 10.3. The van der Waals surface area contributed by atoms with E-state index in [1.165, 1.54) is 12.8 Å². The number of aliphatic hydroxyl groups excluding tert-OH is 1. The Balaban J connectivity index is 2.24. The number of hydrogen-bond acceptors (Lipinski definition) is 5. The number of ketones is 1. The number of rotatable bonds is 17. The summed E-state index contributed by atoms with van der Waals surface area (Å²) in [5, 5.41) is 20.4. The maximum Gasteiger partial charge on any atom is 0.161 e. The van der Waals surface area contributed by atoms with Gasteiger partial charge in [-0.25, -0.2) is 0 Å². The lowest BCUT2D eigenvalue weighted by molar-refractivity contribution is -0.114. The third-order valence-electron chi connectivity index (χ3n) is 7.20. The first-order chi connectivity index (χ1) is 16.9. The third-order valence-corrected chi connectivity index (χ3v) is 7.20. The molecule has 2 N–H and O–H groups in total. The fourth-order valence-electron chi connectivity index (χ4n) is 4.87. The summed E-state index contributed by atoms with van der Waals surface area (Å²) < 4.78 is 11.7. The molecule has 0 aliphatic heterocycles. The Morgan fingerprint density at radius 2 is 1.89 bits per heavy atom. The van der Waals surface area contributed by atoms with Crippen LogP contribution in [-0.4, -0.2) is 42.4 Å². The monoisotopic (exact) mass is 488 g/mol. The first kappa shape index (κ1) is 29.4. The van der Waals surface area contributed by atoms with E-state index < -0.39 is 0 Å². The highest BCUT2D eigenvalue weighted by Gasteiger charge is 2.23. The van der Waals surface area contributed by atoms with E-state index in [0.29, 0.717) is 37.5 Å². The van der Waals surface area contributed by atoms with Gasteiger partial charge in [0.2, 0.25) is 0 Å². The van der Waals surface area contributed by atoms with Gasteiger partial charge in [0, 0.05) is 32.3 Å². The molecule has 0 spiro atoms. The first-order valence-electron chi connectivity index (χ1n) is 13.7. The highest BCUT2D eigenvalue weighted by Crippen LogP contribution is 2.41. The molecule has 5 nitrogen and oxygen atoms in total. The molecule has 2 atom stereocenters. The number of hydrogen-bond donors (Lipinski definition) is 2. The second kappa shape index (κ2) is 16.0. The van der Waals surface area contributed by atoms with Gasteiger partial charge in [-0.3, -0.25) is 4.79 Å². The van der Waals surface area contributed by atoms with Gasteiger partial charge in [0.25, 0.3) is 0 Å². The van der Waals surface area contributed by atoms with E-state index in [-0.39, 0.29) is 36.1 Å². The van der Waals surface area contributed by atoms with Crippen molar-refractivity contribution < 1.29 is 24.5 Å². The van der Waals surface area contributed by atoms with Crippen LogP contribution in [0, 0.1) is 11.8 Å². The lowest BCUT2D eigenvalue weighted by atomic mass is 9.86. The molecule has 5 heteroatoms. The molecule has 0 radical (unpaired) electrons. The average Bonchev–Trinajstić information content (AvgIpc) is 3.35. The number of methoxy groups -OCH3 is 1. The van der Waals surface area contributed by atoms with Crippen molar-refractivity contribution >= 4 is 5.78 Å². The van der Waals surface area contributed by atoms with Gasteiger partial charge in [-0.05, 0) is 93.2 Å². The fourth-order valence-corrected chi connectivity index (χ4v) is 4.87. The van der Waals surface area contributed by atoms with E-state index in [0.717, 1.165) is 49.7 Å². The molecule has 0 unspecified atom stereocenters. The van der Waals surface area contributed by atoms with E-state index in [1.54, 1.807) is 13.2 Å². The van der Waals surface area contributed by atoms with Crippen molar-refractivity contribution in [2.75, 3.05) is 20.3 Å². The zero-order valence-electron chi connectivity index (χ0n) is 22.4. The molecule has 1 aromatic rings. The van der Waals surface area contributed by atoms with E-state index in [2.05, 4.69) is 26.8 Å². The second-order valence-corrected chi connectivity index (χ2v) is 10.5. The maximum absolute atomic E-state index is 12.6. The number of carbonyl (C=O) groups excluding carboxylic acids is 1.